The van der Waals surface area contributed by atoms with Gasteiger partial charge in [-0.2, -0.15) is 0 Å². The summed E-state index contributed by atoms with van der Waals surface area (Å²) < 4.78 is 5.48. The number of carbonyl (C=O) groups is 2. The Labute approximate surface area is 124 Å². The van der Waals surface area contributed by atoms with Crippen molar-refractivity contribution in [1.29, 1.82) is 0 Å². The first-order valence-corrected chi connectivity index (χ1v) is 7.54. The number of Topliss-reactive ketones (excluding diaryl/α,β-unsaturated/α-hetero) is 2. The Balaban J connectivity index is 4.43. The topological polar surface area (TPSA) is 43.4 Å². The Morgan fingerprint density at radius 2 is 1.50 bits per heavy atom. The predicted molar refractivity (Wildman–Crippen MR) is 82.7 cm³/mol. The van der Waals surface area contributed by atoms with E-state index in [1.54, 1.807) is 0 Å². The third-order valence-electron chi connectivity index (χ3n) is 3.28. The summed E-state index contributed by atoms with van der Waals surface area (Å²) in [6.45, 7) is 15.8. The normalized spacial score (nSPS) is 14.4. The Hall–Kier alpha value is -0.700. The predicted octanol–water partition coefficient (Wildman–Crippen LogP) is 4.04. The van der Waals surface area contributed by atoms with Gasteiger partial charge in [0.15, 0.2) is 5.78 Å². The monoisotopic (exact) mass is 284 g/mol. The molecular formula is C17H32O3. The Kier molecular flexibility index (Phi) is 7.09. The lowest BCUT2D eigenvalue weighted by molar-refractivity contribution is -0.133. The van der Waals surface area contributed by atoms with Crippen molar-refractivity contribution in [2.24, 2.45) is 17.3 Å². The van der Waals surface area contributed by atoms with Crippen LogP contribution in [0.1, 0.15) is 68.2 Å². The van der Waals surface area contributed by atoms with Gasteiger partial charge in [-0.05, 0) is 33.1 Å². The van der Waals surface area contributed by atoms with E-state index in [9.17, 15) is 9.59 Å². The summed E-state index contributed by atoms with van der Waals surface area (Å²) in [4.78, 5) is 24.2. The van der Waals surface area contributed by atoms with Gasteiger partial charge in [-0.1, -0.05) is 34.6 Å². The lowest BCUT2D eigenvalue weighted by Gasteiger charge is -2.27. The number of ether oxygens (including phenoxy) is 1. The molecule has 0 saturated carbocycles. The molecule has 0 bridgehead atoms. The summed E-state index contributed by atoms with van der Waals surface area (Å²) in [7, 11) is 0. The lowest BCUT2D eigenvalue weighted by Crippen LogP contribution is -2.32. The van der Waals surface area contributed by atoms with Gasteiger partial charge in [0.05, 0.1) is 5.60 Å². The van der Waals surface area contributed by atoms with Crippen molar-refractivity contribution < 1.29 is 14.3 Å². The molecule has 0 aromatic rings. The van der Waals surface area contributed by atoms with Gasteiger partial charge in [-0.3, -0.25) is 9.59 Å². The van der Waals surface area contributed by atoms with Crippen molar-refractivity contribution in [3.8, 4) is 0 Å². The van der Waals surface area contributed by atoms with Crippen LogP contribution in [-0.2, 0) is 14.3 Å². The van der Waals surface area contributed by atoms with Crippen molar-refractivity contribution in [1.82, 2.24) is 0 Å². The minimum atomic E-state index is -0.347. The molecule has 20 heavy (non-hydrogen) atoms. The van der Waals surface area contributed by atoms with Gasteiger partial charge >= 0.3 is 0 Å². The summed E-state index contributed by atoms with van der Waals surface area (Å²) in [6.07, 6.45) is 1.04. The number of hydrogen-bond donors (Lipinski definition) is 0. The number of rotatable bonds is 7. The smallest absolute Gasteiger partial charge is 0.158 e. The minimum Gasteiger partial charge on any atom is -0.368 e. The third-order valence-corrected chi connectivity index (χ3v) is 3.28. The van der Waals surface area contributed by atoms with Crippen LogP contribution in [0.4, 0.5) is 0 Å². The number of hydrogen-bond acceptors (Lipinski definition) is 3. The zero-order chi connectivity index (χ0) is 16.1. The van der Waals surface area contributed by atoms with E-state index < -0.39 is 0 Å². The van der Waals surface area contributed by atoms with Gasteiger partial charge in [-0.15, -0.1) is 0 Å². The lowest BCUT2D eigenvalue weighted by atomic mass is 9.76. The van der Waals surface area contributed by atoms with E-state index in [0.29, 0.717) is 12.8 Å². The quantitative estimate of drug-likeness (QED) is 0.708. The molecule has 0 aliphatic rings. The second-order valence-corrected chi connectivity index (χ2v) is 7.94. The van der Waals surface area contributed by atoms with E-state index in [4.69, 9.17) is 4.74 Å². The Bertz CT molecular complexity index is 329. The first-order chi connectivity index (χ1) is 8.84. The van der Waals surface area contributed by atoms with E-state index in [1.807, 2.05) is 55.4 Å². The average Bonchev–Trinajstić information content (AvgIpc) is 2.23. The van der Waals surface area contributed by atoms with Crippen LogP contribution in [0.3, 0.4) is 0 Å². The molecule has 1 atom stereocenters. The summed E-state index contributed by atoms with van der Waals surface area (Å²) in [5, 5.41) is 0. The molecule has 0 aromatic carbocycles. The number of ketones is 2. The molecule has 0 rings (SSSR count). The van der Waals surface area contributed by atoms with Crippen molar-refractivity contribution in [2.45, 2.75) is 73.8 Å². The highest BCUT2D eigenvalue weighted by Crippen LogP contribution is 2.28. The average molecular weight is 284 g/mol. The molecule has 0 N–H and O–H groups in total. The highest BCUT2D eigenvalue weighted by Gasteiger charge is 2.31. The van der Waals surface area contributed by atoms with Crippen LogP contribution in [0.2, 0.25) is 0 Å². The largest absolute Gasteiger partial charge is 0.368 e. The molecule has 0 saturated heterocycles. The van der Waals surface area contributed by atoms with E-state index in [0.717, 1.165) is 0 Å². The highest BCUT2D eigenvalue weighted by molar-refractivity contribution is 5.87. The van der Waals surface area contributed by atoms with Crippen LogP contribution in [0, 0.1) is 17.3 Å². The fraction of sp³-hybridized carbons (Fsp3) is 0.882. The molecule has 0 amide bonds. The van der Waals surface area contributed by atoms with Crippen molar-refractivity contribution in [2.75, 3.05) is 6.61 Å². The van der Waals surface area contributed by atoms with Crippen LogP contribution in [0.15, 0.2) is 0 Å². The highest BCUT2D eigenvalue weighted by atomic mass is 16.5. The van der Waals surface area contributed by atoms with E-state index in [2.05, 4.69) is 0 Å². The van der Waals surface area contributed by atoms with Crippen LogP contribution < -0.4 is 0 Å². The summed E-state index contributed by atoms with van der Waals surface area (Å²) >= 11 is 0. The van der Waals surface area contributed by atoms with Crippen LogP contribution in [0.25, 0.3) is 0 Å². The summed E-state index contributed by atoms with van der Waals surface area (Å²) in [5.74, 6) is 0.538. The zero-order valence-electron chi connectivity index (χ0n) is 14.5. The fourth-order valence-electron chi connectivity index (χ4n) is 2.01. The molecule has 0 fully saturated rings. The molecule has 0 aliphatic heterocycles. The molecule has 118 valence electrons. The maximum atomic E-state index is 12.4. The standard InChI is InChI=1S/C17H32O3/c1-12(2)14(15(19)16(3,4)5)10-9-13(18)11-20-17(6,7)8/h12,14H,9-11H2,1-8H3/t14-/m0/s1. The fourth-order valence-corrected chi connectivity index (χ4v) is 2.01. The molecule has 0 unspecified atom stereocenters. The Morgan fingerprint density at radius 1 is 1.00 bits per heavy atom. The van der Waals surface area contributed by atoms with Crippen molar-refractivity contribution >= 4 is 11.6 Å². The molecule has 0 heterocycles. The number of carbonyl (C=O) groups excluding carboxylic acids is 2. The van der Waals surface area contributed by atoms with Gasteiger partial charge in [-0.25, -0.2) is 0 Å². The maximum Gasteiger partial charge on any atom is 0.158 e. The molecule has 0 radical (unpaired) electrons. The van der Waals surface area contributed by atoms with Gasteiger partial charge in [0.1, 0.15) is 12.4 Å². The second kappa shape index (κ2) is 7.35. The third kappa shape index (κ3) is 7.78. The molecule has 3 heteroatoms. The molecular weight excluding hydrogens is 252 g/mol. The van der Waals surface area contributed by atoms with Crippen LogP contribution in [0.5, 0.6) is 0 Å². The van der Waals surface area contributed by atoms with Crippen LogP contribution >= 0.6 is 0 Å². The molecule has 0 aliphatic carbocycles. The van der Waals surface area contributed by atoms with E-state index in [1.165, 1.54) is 0 Å². The van der Waals surface area contributed by atoms with Gasteiger partial charge in [0.25, 0.3) is 0 Å². The van der Waals surface area contributed by atoms with Gasteiger partial charge < -0.3 is 4.74 Å². The molecule has 3 nitrogen and oxygen atoms in total. The second-order valence-electron chi connectivity index (χ2n) is 7.94. The summed E-state index contributed by atoms with van der Waals surface area (Å²) in [5.41, 5.74) is -0.645. The first kappa shape index (κ1) is 19.3. The summed E-state index contributed by atoms with van der Waals surface area (Å²) in [6, 6.07) is 0. The Morgan fingerprint density at radius 3 is 1.85 bits per heavy atom. The van der Waals surface area contributed by atoms with Crippen molar-refractivity contribution in [3.63, 3.8) is 0 Å². The zero-order valence-corrected chi connectivity index (χ0v) is 14.5. The van der Waals surface area contributed by atoms with Crippen molar-refractivity contribution in [3.05, 3.63) is 0 Å². The molecule has 0 aromatic heterocycles. The minimum absolute atomic E-state index is 0.0476. The van der Waals surface area contributed by atoms with E-state index in [-0.39, 0.29) is 41.0 Å². The SMILES string of the molecule is CC(C)[C@H](CCC(=O)COC(C)(C)C)C(=O)C(C)(C)C. The first-order valence-electron chi connectivity index (χ1n) is 7.54. The maximum absolute atomic E-state index is 12.4. The van der Waals surface area contributed by atoms with Gasteiger partial charge in [0, 0.05) is 17.8 Å². The van der Waals surface area contributed by atoms with E-state index >= 15 is 0 Å². The van der Waals surface area contributed by atoms with Crippen LogP contribution in [-0.4, -0.2) is 23.8 Å². The molecule has 0 spiro atoms. The van der Waals surface area contributed by atoms with Gasteiger partial charge in [0.2, 0.25) is 0 Å².